The molecule has 0 aromatic carbocycles. The van der Waals surface area contributed by atoms with Crippen molar-refractivity contribution in [2.45, 2.75) is 52.0 Å². The second-order valence-electron chi connectivity index (χ2n) is 6.43. The van der Waals surface area contributed by atoms with Crippen LogP contribution < -0.4 is 5.73 Å². The molecule has 3 rings (SSSR count). The zero-order chi connectivity index (χ0) is 15.2. The summed E-state index contributed by atoms with van der Waals surface area (Å²) in [6.07, 6.45) is 4.06. The van der Waals surface area contributed by atoms with E-state index in [0.717, 1.165) is 48.6 Å². The predicted octanol–water partition coefficient (Wildman–Crippen LogP) is 2.45. The topological polar surface area (TPSA) is 82.8 Å². The molecule has 2 N–H and O–H groups in total. The molecular weight excluding hydrogens is 266 g/mol. The Bertz CT molecular complexity index is 649. The van der Waals surface area contributed by atoms with Crippen LogP contribution in [0.2, 0.25) is 0 Å². The molecule has 0 unspecified atom stereocenters. The second kappa shape index (κ2) is 4.94. The van der Waals surface area contributed by atoms with Crippen molar-refractivity contribution in [2.75, 3.05) is 0 Å². The van der Waals surface area contributed by atoms with E-state index in [2.05, 4.69) is 22.2 Å². The standard InChI is InChI=1S/C15H23N5O/c1-9-5-7-15(16,8-6-9)14-17-13(21-19-14)12-10(2)18-20(4)11(12)3/h9H,5-8,16H2,1-4H3. The summed E-state index contributed by atoms with van der Waals surface area (Å²) in [6.45, 7) is 6.22. The molecule has 0 atom stereocenters. The SMILES string of the molecule is Cc1nn(C)c(C)c1-c1nc(C2(N)CCC(C)CC2)no1. The Balaban J connectivity index is 1.93. The van der Waals surface area contributed by atoms with Gasteiger partial charge in [-0.25, -0.2) is 0 Å². The summed E-state index contributed by atoms with van der Waals surface area (Å²) in [7, 11) is 1.91. The Morgan fingerprint density at radius 3 is 2.52 bits per heavy atom. The largest absolute Gasteiger partial charge is 0.334 e. The van der Waals surface area contributed by atoms with Gasteiger partial charge in [-0.3, -0.25) is 4.68 Å². The fourth-order valence-electron chi connectivity index (χ4n) is 3.11. The number of nitrogens with zero attached hydrogens (tertiary/aromatic N) is 4. The van der Waals surface area contributed by atoms with Crippen LogP contribution in [0, 0.1) is 19.8 Å². The highest BCUT2D eigenvalue weighted by Gasteiger charge is 2.36. The van der Waals surface area contributed by atoms with Gasteiger partial charge in [-0.05, 0) is 45.4 Å². The van der Waals surface area contributed by atoms with Crippen LogP contribution in [0.25, 0.3) is 11.5 Å². The second-order valence-corrected chi connectivity index (χ2v) is 6.43. The Morgan fingerprint density at radius 2 is 1.95 bits per heavy atom. The Kier molecular flexibility index (Phi) is 3.36. The summed E-state index contributed by atoms with van der Waals surface area (Å²) in [4.78, 5) is 4.58. The molecule has 0 radical (unpaired) electrons. The summed E-state index contributed by atoms with van der Waals surface area (Å²) >= 11 is 0. The molecule has 0 aliphatic heterocycles. The number of hydrogen-bond acceptors (Lipinski definition) is 5. The third-order valence-corrected chi connectivity index (χ3v) is 4.76. The number of rotatable bonds is 2. The van der Waals surface area contributed by atoms with Gasteiger partial charge in [0.1, 0.15) is 0 Å². The fraction of sp³-hybridized carbons (Fsp3) is 0.667. The van der Waals surface area contributed by atoms with Crippen LogP contribution in [-0.4, -0.2) is 19.9 Å². The van der Waals surface area contributed by atoms with E-state index in [1.165, 1.54) is 0 Å². The van der Waals surface area contributed by atoms with Crippen LogP contribution in [0.4, 0.5) is 0 Å². The quantitative estimate of drug-likeness (QED) is 0.918. The van der Waals surface area contributed by atoms with E-state index in [9.17, 15) is 0 Å². The monoisotopic (exact) mass is 289 g/mol. The highest BCUT2D eigenvalue weighted by molar-refractivity contribution is 5.59. The van der Waals surface area contributed by atoms with Gasteiger partial charge in [-0.15, -0.1) is 0 Å². The molecule has 0 saturated heterocycles. The lowest BCUT2D eigenvalue weighted by atomic mass is 9.77. The number of nitrogens with two attached hydrogens (primary N) is 1. The maximum Gasteiger partial charge on any atom is 0.261 e. The van der Waals surface area contributed by atoms with Crippen molar-refractivity contribution >= 4 is 0 Å². The van der Waals surface area contributed by atoms with E-state index in [-0.39, 0.29) is 0 Å². The van der Waals surface area contributed by atoms with Crippen molar-refractivity contribution in [3.05, 3.63) is 17.2 Å². The molecule has 1 fully saturated rings. The normalized spacial score (nSPS) is 26.2. The molecule has 1 saturated carbocycles. The minimum absolute atomic E-state index is 0.446. The van der Waals surface area contributed by atoms with Crippen LogP contribution in [0.5, 0.6) is 0 Å². The molecule has 0 spiro atoms. The molecule has 2 aromatic heterocycles. The molecule has 6 nitrogen and oxygen atoms in total. The zero-order valence-corrected chi connectivity index (χ0v) is 13.2. The number of aryl methyl sites for hydroxylation is 2. The van der Waals surface area contributed by atoms with Gasteiger partial charge in [0, 0.05) is 12.7 Å². The molecule has 1 aliphatic carbocycles. The zero-order valence-electron chi connectivity index (χ0n) is 13.2. The minimum Gasteiger partial charge on any atom is -0.334 e. The average Bonchev–Trinajstić information content (AvgIpc) is 3.00. The Labute approximate surface area is 124 Å². The first-order chi connectivity index (χ1) is 9.90. The molecule has 114 valence electrons. The number of hydrogen-bond donors (Lipinski definition) is 1. The lowest BCUT2D eigenvalue weighted by Gasteiger charge is -2.33. The highest BCUT2D eigenvalue weighted by Crippen LogP contribution is 2.37. The van der Waals surface area contributed by atoms with Crippen molar-refractivity contribution in [1.29, 1.82) is 0 Å². The Morgan fingerprint density at radius 1 is 1.29 bits per heavy atom. The summed E-state index contributed by atoms with van der Waals surface area (Å²) in [6, 6.07) is 0. The fourth-order valence-corrected chi connectivity index (χ4v) is 3.11. The van der Waals surface area contributed by atoms with E-state index in [1.54, 1.807) is 0 Å². The lowest BCUT2D eigenvalue weighted by molar-refractivity contribution is 0.230. The molecule has 1 aliphatic rings. The van der Waals surface area contributed by atoms with Crippen molar-refractivity contribution < 1.29 is 4.52 Å². The molecule has 2 heterocycles. The van der Waals surface area contributed by atoms with Gasteiger partial charge < -0.3 is 10.3 Å². The maximum absolute atomic E-state index is 6.51. The maximum atomic E-state index is 6.51. The Hall–Kier alpha value is -1.69. The summed E-state index contributed by atoms with van der Waals surface area (Å²) < 4.78 is 7.30. The van der Waals surface area contributed by atoms with Gasteiger partial charge in [-0.2, -0.15) is 10.1 Å². The van der Waals surface area contributed by atoms with Crippen LogP contribution in [0.1, 0.15) is 49.8 Å². The predicted molar refractivity (Wildman–Crippen MR) is 79.5 cm³/mol. The van der Waals surface area contributed by atoms with Gasteiger partial charge in [0.2, 0.25) is 0 Å². The van der Waals surface area contributed by atoms with Gasteiger partial charge in [0.05, 0.1) is 16.8 Å². The summed E-state index contributed by atoms with van der Waals surface area (Å²) in [5.41, 5.74) is 8.90. The minimum atomic E-state index is -0.446. The van der Waals surface area contributed by atoms with Crippen molar-refractivity contribution in [2.24, 2.45) is 18.7 Å². The van der Waals surface area contributed by atoms with Crippen molar-refractivity contribution in [3.8, 4) is 11.5 Å². The first-order valence-corrected chi connectivity index (χ1v) is 7.54. The third kappa shape index (κ3) is 2.37. The molecule has 0 amide bonds. The van der Waals surface area contributed by atoms with E-state index in [1.807, 2.05) is 25.6 Å². The van der Waals surface area contributed by atoms with Crippen LogP contribution in [0.3, 0.4) is 0 Å². The van der Waals surface area contributed by atoms with E-state index in [4.69, 9.17) is 10.3 Å². The third-order valence-electron chi connectivity index (χ3n) is 4.76. The molecule has 6 heteroatoms. The van der Waals surface area contributed by atoms with Crippen LogP contribution in [-0.2, 0) is 12.6 Å². The molecular formula is C15H23N5O. The van der Waals surface area contributed by atoms with Gasteiger partial charge in [0.25, 0.3) is 5.89 Å². The van der Waals surface area contributed by atoms with E-state index < -0.39 is 5.54 Å². The average molecular weight is 289 g/mol. The molecule has 2 aromatic rings. The van der Waals surface area contributed by atoms with Crippen molar-refractivity contribution in [3.63, 3.8) is 0 Å². The highest BCUT2D eigenvalue weighted by atomic mass is 16.5. The van der Waals surface area contributed by atoms with Gasteiger partial charge >= 0.3 is 0 Å². The summed E-state index contributed by atoms with van der Waals surface area (Å²) in [5.74, 6) is 1.89. The van der Waals surface area contributed by atoms with Gasteiger partial charge in [-0.1, -0.05) is 12.1 Å². The molecule has 21 heavy (non-hydrogen) atoms. The van der Waals surface area contributed by atoms with Gasteiger partial charge in [0.15, 0.2) is 5.82 Å². The smallest absolute Gasteiger partial charge is 0.261 e. The first-order valence-electron chi connectivity index (χ1n) is 7.54. The first kappa shape index (κ1) is 14.3. The lowest BCUT2D eigenvalue weighted by Crippen LogP contribution is -2.41. The van der Waals surface area contributed by atoms with Crippen LogP contribution in [0.15, 0.2) is 4.52 Å². The van der Waals surface area contributed by atoms with Crippen molar-refractivity contribution in [1.82, 2.24) is 19.9 Å². The number of aromatic nitrogens is 4. The molecule has 0 bridgehead atoms. The van der Waals surface area contributed by atoms with E-state index >= 15 is 0 Å². The van der Waals surface area contributed by atoms with E-state index in [0.29, 0.717) is 11.7 Å². The van der Waals surface area contributed by atoms with Crippen LogP contribution >= 0.6 is 0 Å². The summed E-state index contributed by atoms with van der Waals surface area (Å²) in [5, 5.41) is 8.55.